The van der Waals surface area contributed by atoms with Crippen molar-refractivity contribution in [3.63, 3.8) is 0 Å². The first-order valence-electron chi connectivity index (χ1n) is 4.91. The van der Waals surface area contributed by atoms with Gasteiger partial charge in [-0.15, -0.1) is 0 Å². The van der Waals surface area contributed by atoms with E-state index in [-0.39, 0.29) is 5.41 Å². The van der Waals surface area contributed by atoms with Gasteiger partial charge in [0, 0.05) is 5.41 Å². The average molecular weight is 205 g/mol. The Morgan fingerprint density at radius 1 is 1.27 bits per heavy atom. The summed E-state index contributed by atoms with van der Waals surface area (Å²) in [5.74, 6) is 0.663. The normalized spacial score (nSPS) is 12.0. The lowest BCUT2D eigenvalue weighted by atomic mass is 9.92. The molecule has 0 radical (unpaired) electrons. The van der Waals surface area contributed by atoms with Crippen molar-refractivity contribution in [2.24, 2.45) is 0 Å². The number of methoxy groups -OCH3 is 1. The Labute approximate surface area is 88.9 Å². The smallest absolute Gasteiger partial charge is 0.235 e. The predicted molar refractivity (Wildman–Crippen MR) is 58.2 cm³/mol. The quantitative estimate of drug-likeness (QED) is 0.715. The number of rotatable bonds is 1. The van der Waals surface area contributed by atoms with E-state index in [0.717, 1.165) is 11.3 Å². The summed E-state index contributed by atoms with van der Waals surface area (Å²) in [7, 11) is 1.62. The first-order chi connectivity index (χ1) is 7.02. The van der Waals surface area contributed by atoms with Crippen molar-refractivity contribution >= 4 is 5.65 Å². The van der Waals surface area contributed by atoms with E-state index >= 15 is 0 Å². The predicted octanol–water partition coefficient (Wildman–Crippen LogP) is 2.04. The summed E-state index contributed by atoms with van der Waals surface area (Å²) in [6, 6.07) is 3.96. The SMILES string of the molecule is COc1cnc2ccc(C(C)(C)C)nn12. The molecule has 4 nitrogen and oxygen atoms in total. The number of imidazole rings is 1. The Balaban J connectivity index is 2.63. The standard InChI is InChI=1S/C11H15N3O/c1-11(2,3)8-5-6-9-12-7-10(15-4)14(9)13-8/h5-7H,1-4H3. The highest BCUT2D eigenvalue weighted by Crippen LogP contribution is 2.21. The second-order valence-electron chi connectivity index (χ2n) is 4.54. The molecule has 0 aliphatic heterocycles. The van der Waals surface area contributed by atoms with Gasteiger partial charge in [-0.1, -0.05) is 20.8 Å². The molecule has 0 spiro atoms. The third-order valence-corrected chi connectivity index (χ3v) is 2.31. The molecule has 2 aromatic heterocycles. The monoisotopic (exact) mass is 205 g/mol. The van der Waals surface area contributed by atoms with E-state index in [1.807, 2.05) is 12.1 Å². The third-order valence-electron chi connectivity index (χ3n) is 2.31. The minimum absolute atomic E-state index is 0.0312. The van der Waals surface area contributed by atoms with Crippen LogP contribution in [-0.4, -0.2) is 21.7 Å². The van der Waals surface area contributed by atoms with Crippen LogP contribution >= 0.6 is 0 Å². The van der Waals surface area contributed by atoms with Gasteiger partial charge in [0.05, 0.1) is 19.0 Å². The fourth-order valence-electron chi connectivity index (χ4n) is 1.39. The molecule has 0 atom stereocenters. The zero-order valence-electron chi connectivity index (χ0n) is 9.48. The van der Waals surface area contributed by atoms with Gasteiger partial charge in [-0.25, -0.2) is 4.98 Å². The number of aromatic nitrogens is 3. The first-order valence-corrected chi connectivity index (χ1v) is 4.91. The van der Waals surface area contributed by atoms with Crippen LogP contribution < -0.4 is 4.74 Å². The van der Waals surface area contributed by atoms with Crippen LogP contribution in [-0.2, 0) is 5.41 Å². The Morgan fingerprint density at radius 2 is 2.00 bits per heavy atom. The highest BCUT2D eigenvalue weighted by atomic mass is 16.5. The lowest BCUT2D eigenvalue weighted by Crippen LogP contribution is -2.15. The van der Waals surface area contributed by atoms with E-state index in [2.05, 4.69) is 30.9 Å². The fourth-order valence-corrected chi connectivity index (χ4v) is 1.39. The largest absolute Gasteiger partial charge is 0.480 e. The van der Waals surface area contributed by atoms with Crippen LogP contribution in [0.5, 0.6) is 5.88 Å². The molecule has 2 rings (SSSR count). The lowest BCUT2D eigenvalue weighted by molar-refractivity contribution is 0.385. The zero-order valence-corrected chi connectivity index (χ0v) is 9.48. The summed E-state index contributed by atoms with van der Waals surface area (Å²) in [5, 5.41) is 4.51. The fraction of sp³-hybridized carbons (Fsp3) is 0.455. The molecule has 0 aliphatic carbocycles. The highest BCUT2D eigenvalue weighted by molar-refractivity contribution is 5.41. The molecule has 0 aliphatic rings. The van der Waals surface area contributed by atoms with E-state index in [1.165, 1.54) is 0 Å². The number of fused-ring (bicyclic) bond motifs is 1. The van der Waals surface area contributed by atoms with Gasteiger partial charge in [-0.05, 0) is 12.1 Å². The maximum atomic E-state index is 5.17. The number of hydrogen-bond donors (Lipinski definition) is 0. The second-order valence-corrected chi connectivity index (χ2v) is 4.54. The summed E-state index contributed by atoms with van der Waals surface area (Å²) in [4.78, 5) is 4.19. The van der Waals surface area contributed by atoms with Crippen molar-refractivity contribution in [3.8, 4) is 5.88 Å². The van der Waals surface area contributed by atoms with Crippen LogP contribution in [0.15, 0.2) is 18.3 Å². The summed E-state index contributed by atoms with van der Waals surface area (Å²) >= 11 is 0. The van der Waals surface area contributed by atoms with Crippen molar-refractivity contribution in [1.29, 1.82) is 0 Å². The van der Waals surface area contributed by atoms with Gasteiger partial charge < -0.3 is 4.74 Å². The highest BCUT2D eigenvalue weighted by Gasteiger charge is 2.17. The number of hydrogen-bond acceptors (Lipinski definition) is 3. The Hall–Kier alpha value is -1.58. The zero-order chi connectivity index (χ0) is 11.1. The molecule has 0 amide bonds. The molecule has 0 fully saturated rings. The second kappa shape index (κ2) is 3.22. The van der Waals surface area contributed by atoms with E-state index in [1.54, 1.807) is 17.8 Å². The molecule has 80 valence electrons. The van der Waals surface area contributed by atoms with Crippen molar-refractivity contribution in [2.45, 2.75) is 26.2 Å². The summed E-state index contributed by atoms with van der Waals surface area (Å²) < 4.78 is 6.90. The maximum Gasteiger partial charge on any atom is 0.235 e. The third kappa shape index (κ3) is 1.67. The first kappa shape index (κ1) is 9.96. The molecule has 0 saturated carbocycles. The number of nitrogens with zero attached hydrogens (tertiary/aromatic N) is 3. The van der Waals surface area contributed by atoms with Gasteiger partial charge in [0.15, 0.2) is 5.65 Å². The van der Waals surface area contributed by atoms with Crippen molar-refractivity contribution < 1.29 is 4.74 Å². The van der Waals surface area contributed by atoms with Gasteiger partial charge in [0.25, 0.3) is 0 Å². The molecule has 4 heteroatoms. The Bertz CT molecular complexity index is 482. The Morgan fingerprint density at radius 3 is 2.60 bits per heavy atom. The summed E-state index contributed by atoms with van der Waals surface area (Å²) in [6.45, 7) is 6.39. The molecule has 15 heavy (non-hydrogen) atoms. The summed E-state index contributed by atoms with van der Waals surface area (Å²) in [5.41, 5.74) is 1.86. The van der Waals surface area contributed by atoms with Crippen LogP contribution in [0, 0.1) is 0 Å². The van der Waals surface area contributed by atoms with Crippen LogP contribution in [0.4, 0.5) is 0 Å². The molecule has 0 unspecified atom stereocenters. The van der Waals surface area contributed by atoms with E-state index in [0.29, 0.717) is 5.88 Å². The van der Waals surface area contributed by atoms with Crippen LogP contribution in [0.3, 0.4) is 0 Å². The number of ether oxygens (including phenoxy) is 1. The van der Waals surface area contributed by atoms with E-state index in [4.69, 9.17) is 4.74 Å². The summed E-state index contributed by atoms with van der Waals surface area (Å²) in [6.07, 6.45) is 1.68. The minimum Gasteiger partial charge on any atom is -0.480 e. The lowest BCUT2D eigenvalue weighted by Gasteiger charge is -2.17. The minimum atomic E-state index is 0.0312. The van der Waals surface area contributed by atoms with Crippen LogP contribution in [0.25, 0.3) is 5.65 Å². The van der Waals surface area contributed by atoms with Crippen LogP contribution in [0.2, 0.25) is 0 Å². The van der Waals surface area contributed by atoms with Gasteiger partial charge in [-0.3, -0.25) is 0 Å². The molecule has 0 bridgehead atoms. The van der Waals surface area contributed by atoms with Gasteiger partial charge in [0.2, 0.25) is 5.88 Å². The Kier molecular flexibility index (Phi) is 2.14. The van der Waals surface area contributed by atoms with Crippen molar-refractivity contribution in [1.82, 2.24) is 14.6 Å². The van der Waals surface area contributed by atoms with E-state index < -0.39 is 0 Å². The molecular weight excluding hydrogens is 190 g/mol. The molecule has 2 heterocycles. The van der Waals surface area contributed by atoms with Gasteiger partial charge in [0.1, 0.15) is 0 Å². The maximum absolute atomic E-state index is 5.17. The molecule has 0 N–H and O–H groups in total. The van der Waals surface area contributed by atoms with E-state index in [9.17, 15) is 0 Å². The van der Waals surface area contributed by atoms with Crippen LogP contribution in [0.1, 0.15) is 26.5 Å². The molecule has 0 saturated heterocycles. The van der Waals surface area contributed by atoms with Gasteiger partial charge in [-0.2, -0.15) is 9.61 Å². The van der Waals surface area contributed by atoms with Gasteiger partial charge >= 0.3 is 0 Å². The van der Waals surface area contributed by atoms with Crippen molar-refractivity contribution in [3.05, 3.63) is 24.0 Å². The topological polar surface area (TPSA) is 39.4 Å². The molecular formula is C11H15N3O. The molecule has 0 aromatic carbocycles. The average Bonchev–Trinajstić information content (AvgIpc) is 2.57. The van der Waals surface area contributed by atoms with Crippen molar-refractivity contribution in [2.75, 3.05) is 7.11 Å². The molecule has 2 aromatic rings.